The number of carbonyl (C=O) groups is 2. The van der Waals surface area contributed by atoms with Crippen molar-refractivity contribution in [2.24, 2.45) is 0 Å². The molecule has 1 fully saturated rings. The monoisotopic (exact) mass is 398 g/mol. The van der Waals surface area contributed by atoms with Gasteiger partial charge >= 0.3 is 6.09 Å². The molecule has 132 valence electrons. The van der Waals surface area contributed by atoms with Crippen LogP contribution < -0.4 is 5.32 Å². The molecule has 0 atom stereocenters. The third-order valence-corrected chi connectivity index (χ3v) is 3.86. The Balaban J connectivity index is 1.75. The number of amides is 2. The second kappa shape index (κ2) is 7.94. The number of nitrogens with one attached hydrogen (secondary N) is 1. The van der Waals surface area contributed by atoms with E-state index in [0.29, 0.717) is 32.0 Å². The molecule has 1 aromatic heterocycles. The molecule has 1 N–H and O–H groups in total. The maximum Gasteiger partial charge on any atom is 0.410 e. The number of aromatic nitrogens is 1. The molecule has 1 saturated heterocycles. The Kier molecular flexibility index (Phi) is 6.17. The van der Waals surface area contributed by atoms with Gasteiger partial charge < -0.3 is 15.0 Å². The number of ether oxygens (including phenoxy) is 1. The number of piperazine rings is 1. The first kappa shape index (κ1) is 18.7. The molecule has 24 heavy (non-hydrogen) atoms. The second-order valence-electron chi connectivity index (χ2n) is 6.65. The molecule has 7 nitrogen and oxygen atoms in total. The molecule has 1 aliphatic rings. The van der Waals surface area contributed by atoms with Gasteiger partial charge in [-0.05, 0) is 48.8 Å². The summed E-state index contributed by atoms with van der Waals surface area (Å²) in [5.74, 6) is 0.408. The number of pyridine rings is 1. The van der Waals surface area contributed by atoms with Crippen LogP contribution in [0.4, 0.5) is 10.6 Å². The Labute approximate surface area is 150 Å². The fraction of sp³-hybridized carbons (Fsp3) is 0.562. The van der Waals surface area contributed by atoms with E-state index in [9.17, 15) is 9.59 Å². The predicted molar refractivity (Wildman–Crippen MR) is 94.8 cm³/mol. The van der Waals surface area contributed by atoms with Crippen molar-refractivity contribution in [3.63, 3.8) is 0 Å². The standard InChI is InChI=1S/C16H23BrN4O3/c1-16(2,3)24-15(23)21-8-6-20(7-9-21)11-14(22)19-13-5-4-12(17)10-18-13/h4-5,10H,6-9,11H2,1-3H3,(H,18,19,22). The molecule has 0 unspecified atom stereocenters. The summed E-state index contributed by atoms with van der Waals surface area (Å²) >= 11 is 3.30. The van der Waals surface area contributed by atoms with Crippen molar-refractivity contribution in [1.82, 2.24) is 14.8 Å². The van der Waals surface area contributed by atoms with Crippen LogP contribution in [0, 0.1) is 0 Å². The average Bonchev–Trinajstić information content (AvgIpc) is 2.48. The summed E-state index contributed by atoms with van der Waals surface area (Å²) in [5, 5.41) is 2.76. The molecule has 0 bridgehead atoms. The minimum absolute atomic E-state index is 0.115. The first-order valence-electron chi connectivity index (χ1n) is 7.84. The van der Waals surface area contributed by atoms with Gasteiger partial charge in [-0.15, -0.1) is 0 Å². The lowest BCUT2D eigenvalue weighted by molar-refractivity contribution is -0.117. The third-order valence-electron chi connectivity index (χ3n) is 3.39. The van der Waals surface area contributed by atoms with Crippen molar-refractivity contribution in [2.75, 3.05) is 38.0 Å². The number of anilines is 1. The Morgan fingerprint density at radius 1 is 1.25 bits per heavy atom. The Hall–Kier alpha value is -1.67. The molecular weight excluding hydrogens is 376 g/mol. The maximum absolute atomic E-state index is 12.1. The topological polar surface area (TPSA) is 74.8 Å². The smallest absolute Gasteiger partial charge is 0.410 e. The van der Waals surface area contributed by atoms with Crippen LogP contribution in [0.5, 0.6) is 0 Å². The van der Waals surface area contributed by atoms with Gasteiger partial charge in [0.15, 0.2) is 0 Å². The fourth-order valence-corrected chi connectivity index (χ4v) is 2.48. The molecule has 1 aliphatic heterocycles. The Morgan fingerprint density at radius 2 is 1.92 bits per heavy atom. The molecule has 0 aliphatic carbocycles. The minimum Gasteiger partial charge on any atom is -0.444 e. The quantitative estimate of drug-likeness (QED) is 0.845. The number of rotatable bonds is 3. The highest BCUT2D eigenvalue weighted by Crippen LogP contribution is 2.13. The molecule has 8 heteroatoms. The summed E-state index contributed by atoms with van der Waals surface area (Å²) in [7, 11) is 0. The summed E-state index contributed by atoms with van der Waals surface area (Å²) in [6.45, 7) is 8.21. The van der Waals surface area contributed by atoms with Gasteiger partial charge in [0.05, 0.1) is 6.54 Å². The van der Waals surface area contributed by atoms with Crippen molar-refractivity contribution in [3.05, 3.63) is 22.8 Å². The number of nitrogens with zero attached hydrogens (tertiary/aromatic N) is 3. The number of hydrogen-bond donors (Lipinski definition) is 1. The molecular formula is C16H23BrN4O3. The van der Waals surface area contributed by atoms with E-state index in [4.69, 9.17) is 4.74 Å². The van der Waals surface area contributed by atoms with E-state index >= 15 is 0 Å². The van der Waals surface area contributed by atoms with Gasteiger partial charge in [0.25, 0.3) is 0 Å². The lowest BCUT2D eigenvalue weighted by Crippen LogP contribution is -2.51. The Bertz CT molecular complexity index is 578. The first-order chi connectivity index (χ1) is 11.2. The van der Waals surface area contributed by atoms with Crippen LogP contribution in [-0.4, -0.2) is 65.1 Å². The van der Waals surface area contributed by atoms with Crippen LogP contribution in [0.25, 0.3) is 0 Å². The summed E-state index contributed by atoms with van der Waals surface area (Å²) in [5.41, 5.74) is -0.494. The molecule has 0 saturated carbocycles. The molecule has 2 heterocycles. The highest BCUT2D eigenvalue weighted by Gasteiger charge is 2.26. The summed E-state index contributed by atoms with van der Waals surface area (Å²) < 4.78 is 6.22. The van der Waals surface area contributed by atoms with Gasteiger partial charge in [-0.25, -0.2) is 9.78 Å². The molecule has 2 rings (SSSR count). The highest BCUT2D eigenvalue weighted by molar-refractivity contribution is 9.10. The van der Waals surface area contributed by atoms with Gasteiger partial charge in [0.1, 0.15) is 11.4 Å². The van der Waals surface area contributed by atoms with Crippen LogP contribution in [0.3, 0.4) is 0 Å². The van der Waals surface area contributed by atoms with Gasteiger partial charge in [0.2, 0.25) is 5.91 Å². The van der Waals surface area contributed by atoms with E-state index < -0.39 is 5.60 Å². The minimum atomic E-state index is -0.494. The molecule has 0 radical (unpaired) electrons. The van der Waals surface area contributed by atoms with Gasteiger partial charge in [-0.3, -0.25) is 9.69 Å². The number of hydrogen-bond acceptors (Lipinski definition) is 5. The van der Waals surface area contributed by atoms with Gasteiger partial charge in [-0.2, -0.15) is 0 Å². The van der Waals surface area contributed by atoms with Crippen LogP contribution in [-0.2, 0) is 9.53 Å². The van der Waals surface area contributed by atoms with E-state index in [1.54, 1.807) is 17.2 Å². The molecule has 2 amide bonds. The van der Waals surface area contributed by atoms with Crippen molar-refractivity contribution in [3.8, 4) is 0 Å². The Morgan fingerprint density at radius 3 is 2.46 bits per heavy atom. The van der Waals surface area contributed by atoms with E-state index in [1.165, 1.54) is 0 Å². The van der Waals surface area contributed by atoms with Gasteiger partial charge in [-0.1, -0.05) is 0 Å². The number of carbonyl (C=O) groups excluding carboxylic acids is 2. The molecule has 0 spiro atoms. The molecule has 1 aromatic rings. The third kappa shape index (κ3) is 6.09. The lowest BCUT2D eigenvalue weighted by atomic mass is 10.2. The fourth-order valence-electron chi connectivity index (χ4n) is 2.25. The average molecular weight is 399 g/mol. The zero-order valence-electron chi connectivity index (χ0n) is 14.2. The second-order valence-corrected chi connectivity index (χ2v) is 7.57. The number of halogens is 1. The van der Waals surface area contributed by atoms with E-state index in [1.807, 2.05) is 31.7 Å². The van der Waals surface area contributed by atoms with Crippen LogP contribution >= 0.6 is 15.9 Å². The van der Waals surface area contributed by atoms with Gasteiger partial charge in [0, 0.05) is 36.8 Å². The first-order valence-corrected chi connectivity index (χ1v) is 8.64. The summed E-state index contributed by atoms with van der Waals surface area (Å²) in [4.78, 5) is 31.9. The maximum atomic E-state index is 12.1. The van der Waals surface area contributed by atoms with E-state index in [-0.39, 0.29) is 18.5 Å². The van der Waals surface area contributed by atoms with Crippen molar-refractivity contribution < 1.29 is 14.3 Å². The lowest BCUT2D eigenvalue weighted by Gasteiger charge is -2.35. The van der Waals surface area contributed by atoms with E-state index in [2.05, 4.69) is 26.2 Å². The van der Waals surface area contributed by atoms with Crippen LogP contribution in [0.15, 0.2) is 22.8 Å². The van der Waals surface area contributed by atoms with Crippen LogP contribution in [0.1, 0.15) is 20.8 Å². The van der Waals surface area contributed by atoms with Crippen molar-refractivity contribution >= 4 is 33.7 Å². The van der Waals surface area contributed by atoms with E-state index in [0.717, 1.165) is 4.47 Å². The SMILES string of the molecule is CC(C)(C)OC(=O)N1CCN(CC(=O)Nc2ccc(Br)cn2)CC1. The normalized spacial score (nSPS) is 15.9. The summed E-state index contributed by atoms with van der Waals surface area (Å²) in [6, 6.07) is 3.56. The highest BCUT2D eigenvalue weighted by atomic mass is 79.9. The zero-order chi connectivity index (χ0) is 17.7. The largest absolute Gasteiger partial charge is 0.444 e. The zero-order valence-corrected chi connectivity index (χ0v) is 15.8. The van der Waals surface area contributed by atoms with Crippen molar-refractivity contribution in [2.45, 2.75) is 26.4 Å². The predicted octanol–water partition coefficient (Wildman–Crippen LogP) is 2.34. The van der Waals surface area contributed by atoms with Crippen molar-refractivity contribution in [1.29, 1.82) is 0 Å². The molecule has 0 aromatic carbocycles. The van der Waals surface area contributed by atoms with Crippen LogP contribution in [0.2, 0.25) is 0 Å². The summed E-state index contributed by atoms with van der Waals surface area (Å²) in [6.07, 6.45) is 1.33.